The van der Waals surface area contributed by atoms with E-state index in [1.54, 1.807) is 24.5 Å². The zero-order chi connectivity index (χ0) is 11.4. The molecule has 0 aliphatic heterocycles. The summed E-state index contributed by atoms with van der Waals surface area (Å²) in [6.45, 7) is 0.539. The molecule has 0 fully saturated rings. The zero-order valence-electron chi connectivity index (χ0n) is 8.38. The van der Waals surface area contributed by atoms with Crippen LogP contribution >= 0.6 is 12.2 Å². The maximum Gasteiger partial charge on any atom is 0.124 e. The number of nitrogens with two attached hydrogens (primary N) is 1. The lowest BCUT2D eigenvalue weighted by Crippen LogP contribution is -2.13. The van der Waals surface area contributed by atoms with Gasteiger partial charge in [0.05, 0.1) is 18.4 Å². The third-order valence-electron chi connectivity index (χ3n) is 2.04. The van der Waals surface area contributed by atoms with Gasteiger partial charge in [-0.05, 0) is 6.07 Å². The fourth-order valence-corrected chi connectivity index (χ4v) is 1.44. The molecule has 0 atom stereocenters. The van der Waals surface area contributed by atoms with Gasteiger partial charge in [0.15, 0.2) is 0 Å². The number of hydrogen-bond acceptors (Lipinski definition) is 5. The number of aromatic nitrogens is 2. The van der Waals surface area contributed by atoms with E-state index >= 15 is 0 Å². The molecule has 0 saturated heterocycles. The molecule has 6 heteroatoms. The van der Waals surface area contributed by atoms with Crippen LogP contribution in [0.2, 0.25) is 0 Å². The average molecular weight is 234 g/mol. The van der Waals surface area contributed by atoms with Crippen molar-refractivity contribution in [1.29, 1.82) is 0 Å². The van der Waals surface area contributed by atoms with Gasteiger partial charge in [0.1, 0.15) is 16.9 Å². The number of rotatable bonds is 4. The standard InChI is InChI=1S/C10H10N4OS/c11-10(16)8-1-3-12-6-9(8)13-5-7-2-4-15-14-7/h1-4,6,13H,5H2,(H2,11,16). The first kappa shape index (κ1) is 10.6. The van der Waals surface area contributed by atoms with Crippen LogP contribution in [0.5, 0.6) is 0 Å². The molecule has 0 saturated carbocycles. The molecule has 0 radical (unpaired) electrons. The Morgan fingerprint density at radius 1 is 1.50 bits per heavy atom. The fraction of sp³-hybridized carbons (Fsp3) is 0.100. The van der Waals surface area contributed by atoms with Crippen LogP contribution < -0.4 is 11.1 Å². The number of anilines is 1. The maximum absolute atomic E-state index is 5.59. The Morgan fingerprint density at radius 3 is 3.06 bits per heavy atom. The molecule has 5 nitrogen and oxygen atoms in total. The maximum atomic E-state index is 5.59. The van der Waals surface area contributed by atoms with Crippen molar-refractivity contribution in [1.82, 2.24) is 10.1 Å². The SMILES string of the molecule is NC(=S)c1ccncc1NCc1ccon1. The molecule has 0 aliphatic carbocycles. The van der Waals surface area contributed by atoms with E-state index < -0.39 is 0 Å². The van der Waals surface area contributed by atoms with Gasteiger partial charge in [0, 0.05) is 17.8 Å². The van der Waals surface area contributed by atoms with Crippen molar-refractivity contribution in [2.24, 2.45) is 5.73 Å². The molecule has 0 aromatic carbocycles. The molecule has 0 amide bonds. The fourth-order valence-electron chi connectivity index (χ4n) is 1.26. The number of pyridine rings is 1. The van der Waals surface area contributed by atoms with E-state index in [1.807, 2.05) is 0 Å². The van der Waals surface area contributed by atoms with E-state index in [9.17, 15) is 0 Å². The lowest BCUT2D eigenvalue weighted by Gasteiger charge is -2.08. The van der Waals surface area contributed by atoms with Crippen LogP contribution in [0.4, 0.5) is 5.69 Å². The second kappa shape index (κ2) is 4.71. The summed E-state index contributed by atoms with van der Waals surface area (Å²) in [4.78, 5) is 4.34. The first-order valence-electron chi connectivity index (χ1n) is 4.64. The van der Waals surface area contributed by atoms with Crippen LogP contribution in [0, 0.1) is 0 Å². The predicted octanol–water partition coefficient (Wildman–Crippen LogP) is 1.32. The third kappa shape index (κ3) is 2.34. The normalized spacial score (nSPS) is 10.0. The van der Waals surface area contributed by atoms with Gasteiger partial charge in [-0.2, -0.15) is 0 Å². The summed E-state index contributed by atoms with van der Waals surface area (Å²) in [5.41, 5.74) is 7.96. The van der Waals surface area contributed by atoms with Gasteiger partial charge in [-0.1, -0.05) is 17.4 Å². The predicted molar refractivity (Wildman–Crippen MR) is 64.0 cm³/mol. The molecule has 0 spiro atoms. The van der Waals surface area contributed by atoms with Gasteiger partial charge in [-0.25, -0.2) is 0 Å². The van der Waals surface area contributed by atoms with Crippen LogP contribution in [0.15, 0.2) is 35.3 Å². The Labute approximate surface area is 97.7 Å². The summed E-state index contributed by atoms with van der Waals surface area (Å²) in [7, 11) is 0. The van der Waals surface area contributed by atoms with Gasteiger partial charge < -0.3 is 15.6 Å². The Kier molecular flexibility index (Phi) is 3.11. The molecule has 2 rings (SSSR count). The molecule has 2 aromatic heterocycles. The molecule has 0 aliphatic rings. The van der Waals surface area contributed by atoms with Crippen LogP contribution in [-0.4, -0.2) is 15.1 Å². The van der Waals surface area contributed by atoms with Gasteiger partial charge in [-0.15, -0.1) is 0 Å². The van der Waals surface area contributed by atoms with E-state index in [0.29, 0.717) is 11.5 Å². The van der Waals surface area contributed by atoms with Crippen LogP contribution in [0.3, 0.4) is 0 Å². The largest absolute Gasteiger partial charge is 0.389 e. The molecule has 82 valence electrons. The van der Waals surface area contributed by atoms with Crippen LogP contribution in [0.1, 0.15) is 11.3 Å². The van der Waals surface area contributed by atoms with Crippen molar-refractivity contribution < 1.29 is 4.52 Å². The van der Waals surface area contributed by atoms with E-state index in [2.05, 4.69) is 15.5 Å². The number of nitrogens with zero attached hydrogens (tertiary/aromatic N) is 2. The first-order chi connectivity index (χ1) is 7.77. The van der Waals surface area contributed by atoms with Crippen molar-refractivity contribution in [2.75, 3.05) is 5.32 Å². The molecule has 16 heavy (non-hydrogen) atoms. The Hall–Kier alpha value is -1.95. The summed E-state index contributed by atoms with van der Waals surface area (Å²) in [6, 6.07) is 3.55. The Balaban J connectivity index is 2.12. The highest BCUT2D eigenvalue weighted by atomic mass is 32.1. The lowest BCUT2D eigenvalue weighted by molar-refractivity contribution is 0.412. The second-order valence-electron chi connectivity index (χ2n) is 3.13. The summed E-state index contributed by atoms with van der Waals surface area (Å²) in [6.07, 6.45) is 4.85. The minimum absolute atomic E-state index is 0.338. The molecule has 3 N–H and O–H groups in total. The van der Waals surface area contributed by atoms with Crippen molar-refractivity contribution in [2.45, 2.75) is 6.54 Å². The van der Waals surface area contributed by atoms with E-state index in [-0.39, 0.29) is 0 Å². The van der Waals surface area contributed by atoms with Crippen molar-refractivity contribution in [3.05, 3.63) is 42.0 Å². The summed E-state index contributed by atoms with van der Waals surface area (Å²) < 4.78 is 4.72. The quantitative estimate of drug-likeness (QED) is 0.777. The van der Waals surface area contributed by atoms with Gasteiger partial charge >= 0.3 is 0 Å². The van der Waals surface area contributed by atoms with Crippen LogP contribution in [-0.2, 0) is 6.54 Å². The average Bonchev–Trinajstić information content (AvgIpc) is 2.79. The molecule has 2 aromatic rings. The minimum atomic E-state index is 0.338. The zero-order valence-corrected chi connectivity index (χ0v) is 9.20. The number of nitrogens with one attached hydrogen (secondary N) is 1. The highest BCUT2D eigenvalue weighted by Crippen LogP contribution is 2.13. The summed E-state index contributed by atoms with van der Waals surface area (Å²) >= 11 is 4.94. The highest BCUT2D eigenvalue weighted by molar-refractivity contribution is 7.80. The number of hydrogen-bond donors (Lipinski definition) is 2. The first-order valence-corrected chi connectivity index (χ1v) is 5.05. The van der Waals surface area contributed by atoms with Crippen molar-refractivity contribution in [3.8, 4) is 0 Å². The molecule has 0 bridgehead atoms. The van der Waals surface area contributed by atoms with Gasteiger partial charge in [-0.3, -0.25) is 4.98 Å². The number of thiocarbonyl (C=S) groups is 1. The van der Waals surface area contributed by atoms with Crippen molar-refractivity contribution in [3.63, 3.8) is 0 Å². The van der Waals surface area contributed by atoms with Crippen LogP contribution in [0.25, 0.3) is 0 Å². The minimum Gasteiger partial charge on any atom is -0.389 e. The smallest absolute Gasteiger partial charge is 0.124 e. The van der Waals surface area contributed by atoms with E-state index in [0.717, 1.165) is 16.9 Å². The van der Waals surface area contributed by atoms with E-state index in [1.165, 1.54) is 6.26 Å². The molecular formula is C10H10N4OS. The summed E-state index contributed by atoms with van der Waals surface area (Å²) in [5.74, 6) is 0. The molecule has 0 unspecified atom stereocenters. The van der Waals surface area contributed by atoms with Gasteiger partial charge in [0.25, 0.3) is 0 Å². The van der Waals surface area contributed by atoms with Gasteiger partial charge in [0.2, 0.25) is 0 Å². The Bertz CT molecular complexity index is 483. The van der Waals surface area contributed by atoms with Crippen molar-refractivity contribution >= 4 is 22.9 Å². The third-order valence-corrected chi connectivity index (χ3v) is 2.26. The monoisotopic (exact) mass is 234 g/mol. The second-order valence-corrected chi connectivity index (χ2v) is 3.57. The highest BCUT2D eigenvalue weighted by Gasteiger charge is 2.05. The molecule has 2 heterocycles. The van der Waals surface area contributed by atoms with E-state index in [4.69, 9.17) is 22.5 Å². The lowest BCUT2D eigenvalue weighted by atomic mass is 10.2. The topological polar surface area (TPSA) is 77.0 Å². The summed E-state index contributed by atoms with van der Waals surface area (Å²) in [5, 5.41) is 6.93. The Morgan fingerprint density at radius 2 is 2.38 bits per heavy atom. The molecular weight excluding hydrogens is 224 g/mol.